The maximum atomic E-state index is 13.2. The van der Waals surface area contributed by atoms with Gasteiger partial charge in [0.25, 0.3) is 17.7 Å². The number of nitrogens with zero attached hydrogens (tertiary/aromatic N) is 1. The summed E-state index contributed by atoms with van der Waals surface area (Å²) in [5.41, 5.74) is 0.822. The molecule has 0 aromatic heterocycles. The number of urea groups is 1. The lowest BCUT2D eigenvalue weighted by atomic mass is 10.1. The Balaban J connectivity index is 1.54. The number of rotatable bonds is 8. The van der Waals surface area contributed by atoms with Gasteiger partial charge in [-0.25, -0.2) is 9.69 Å². The molecule has 9 nitrogen and oxygen atoms in total. The molecule has 0 radical (unpaired) electrons. The summed E-state index contributed by atoms with van der Waals surface area (Å²) in [6.45, 7) is 1.75. The van der Waals surface area contributed by atoms with Crippen LogP contribution in [0, 0.1) is 0 Å². The third-order valence-corrected chi connectivity index (χ3v) is 6.32. The highest BCUT2D eigenvalue weighted by atomic mass is 35.5. The van der Waals surface area contributed by atoms with Crippen LogP contribution in [0.1, 0.15) is 12.5 Å². The monoisotopic (exact) mass is 587 g/mol. The summed E-state index contributed by atoms with van der Waals surface area (Å²) in [4.78, 5) is 51.2. The van der Waals surface area contributed by atoms with Gasteiger partial charge in [-0.15, -0.1) is 0 Å². The molecule has 5 amide bonds. The van der Waals surface area contributed by atoms with Gasteiger partial charge in [0.15, 0.2) is 18.1 Å². The molecule has 39 heavy (non-hydrogen) atoms. The second-order valence-corrected chi connectivity index (χ2v) is 9.29. The second kappa shape index (κ2) is 12.2. The summed E-state index contributed by atoms with van der Waals surface area (Å²) < 4.78 is 11.3. The van der Waals surface area contributed by atoms with Gasteiger partial charge in [0, 0.05) is 10.7 Å². The molecule has 4 rings (SSSR count). The van der Waals surface area contributed by atoms with Crippen molar-refractivity contribution >= 4 is 76.0 Å². The number of carbonyl (C=O) groups excluding carboxylic acids is 4. The van der Waals surface area contributed by atoms with Crippen LogP contribution in [0.25, 0.3) is 6.08 Å². The standard InChI is InChI=1S/C27H20Cl3N3O6/c1-2-38-23-12-15(3-10-22(23)39-14-24(34)31-17-6-4-16(28)5-7-17)11-19-25(35)32-27(37)33(26(19)36)18-8-9-20(29)21(30)13-18/h3-13H,2,14H2,1H3,(H,31,34)(H,32,35,37)/b19-11+. The first-order chi connectivity index (χ1) is 18.7. The van der Waals surface area contributed by atoms with E-state index in [1.54, 1.807) is 49.4 Å². The molecule has 1 fully saturated rings. The van der Waals surface area contributed by atoms with Crippen molar-refractivity contribution in [2.75, 3.05) is 23.4 Å². The van der Waals surface area contributed by atoms with E-state index in [2.05, 4.69) is 10.6 Å². The van der Waals surface area contributed by atoms with Gasteiger partial charge in [0.1, 0.15) is 5.57 Å². The highest BCUT2D eigenvalue weighted by molar-refractivity contribution is 6.43. The SMILES string of the molecule is CCOc1cc(/C=C2\C(=O)NC(=O)N(c3ccc(Cl)c(Cl)c3)C2=O)ccc1OCC(=O)Nc1ccc(Cl)cc1. The Labute approximate surface area is 238 Å². The fourth-order valence-corrected chi connectivity index (χ4v) is 3.98. The Morgan fingerprint density at radius 3 is 2.36 bits per heavy atom. The molecule has 0 saturated carbocycles. The molecule has 3 aromatic rings. The van der Waals surface area contributed by atoms with Gasteiger partial charge >= 0.3 is 6.03 Å². The lowest BCUT2D eigenvalue weighted by Crippen LogP contribution is -2.54. The van der Waals surface area contributed by atoms with E-state index >= 15 is 0 Å². The van der Waals surface area contributed by atoms with Gasteiger partial charge in [-0.2, -0.15) is 0 Å². The van der Waals surface area contributed by atoms with E-state index in [0.717, 1.165) is 4.90 Å². The largest absolute Gasteiger partial charge is 0.490 e. The zero-order chi connectivity index (χ0) is 28.1. The van der Waals surface area contributed by atoms with Crippen LogP contribution in [0.5, 0.6) is 11.5 Å². The van der Waals surface area contributed by atoms with Crippen molar-refractivity contribution in [2.24, 2.45) is 0 Å². The molecule has 0 spiro atoms. The molecule has 1 saturated heterocycles. The van der Waals surface area contributed by atoms with E-state index < -0.39 is 23.8 Å². The third kappa shape index (κ3) is 6.69. The van der Waals surface area contributed by atoms with Crippen molar-refractivity contribution in [1.29, 1.82) is 0 Å². The molecule has 3 aromatic carbocycles. The first kappa shape index (κ1) is 28.0. The van der Waals surface area contributed by atoms with Crippen molar-refractivity contribution < 1.29 is 28.7 Å². The number of halogens is 3. The molecule has 1 aliphatic heterocycles. The predicted octanol–water partition coefficient (Wildman–Crippen LogP) is 5.73. The molecule has 0 atom stereocenters. The number of amides is 5. The number of imide groups is 2. The zero-order valence-electron chi connectivity index (χ0n) is 20.3. The summed E-state index contributed by atoms with van der Waals surface area (Å²) in [5.74, 6) is -1.55. The maximum absolute atomic E-state index is 13.2. The fourth-order valence-electron chi connectivity index (χ4n) is 3.56. The van der Waals surface area contributed by atoms with E-state index in [-0.39, 0.29) is 46.0 Å². The van der Waals surface area contributed by atoms with Gasteiger partial charge in [0.05, 0.1) is 22.3 Å². The molecule has 12 heteroatoms. The smallest absolute Gasteiger partial charge is 0.335 e. The van der Waals surface area contributed by atoms with Crippen LogP contribution in [0.2, 0.25) is 15.1 Å². The average Bonchev–Trinajstić information content (AvgIpc) is 2.89. The first-order valence-corrected chi connectivity index (χ1v) is 12.6. The Hall–Kier alpha value is -4.05. The molecular weight excluding hydrogens is 569 g/mol. The third-order valence-electron chi connectivity index (χ3n) is 5.33. The van der Waals surface area contributed by atoms with Crippen molar-refractivity contribution in [3.8, 4) is 11.5 Å². The summed E-state index contributed by atoms with van der Waals surface area (Å²) in [5, 5.41) is 5.76. The minimum Gasteiger partial charge on any atom is -0.490 e. The van der Waals surface area contributed by atoms with Crippen LogP contribution in [0.15, 0.2) is 66.2 Å². The lowest BCUT2D eigenvalue weighted by Gasteiger charge is -2.26. The Morgan fingerprint density at radius 2 is 1.67 bits per heavy atom. The zero-order valence-corrected chi connectivity index (χ0v) is 22.6. The topological polar surface area (TPSA) is 114 Å². The number of barbiturate groups is 1. The summed E-state index contributed by atoms with van der Waals surface area (Å²) in [6, 6.07) is 14.6. The van der Waals surface area contributed by atoms with Crippen molar-refractivity contribution in [2.45, 2.75) is 6.92 Å². The highest BCUT2D eigenvalue weighted by Gasteiger charge is 2.37. The molecule has 0 unspecified atom stereocenters. The van der Waals surface area contributed by atoms with Crippen molar-refractivity contribution in [1.82, 2.24) is 5.32 Å². The Morgan fingerprint density at radius 1 is 0.923 bits per heavy atom. The van der Waals surface area contributed by atoms with E-state index in [0.29, 0.717) is 16.3 Å². The fraction of sp³-hybridized carbons (Fsp3) is 0.111. The van der Waals surface area contributed by atoms with Gasteiger partial charge in [0.2, 0.25) is 0 Å². The number of ether oxygens (including phenoxy) is 2. The van der Waals surface area contributed by atoms with Crippen LogP contribution >= 0.6 is 34.8 Å². The number of hydrogen-bond donors (Lipinski definition) is 2. The maximum Gasteiger partial charge on any atom is 0.335 e. The molecule has 0 bridgehead atoms. The average molecular weight is 589 g/mol. The minimum atomic E-state index is -0.920. The number of hydrogen-bond acceptors (Lipinski definition) is 6. The molecule has 2 N–H and O–H groups in total. The highest BCUT2D eigenvalue weighted by Crippen LogP contribution is 2.32. The van der Waals surface area contributed by atoms with Gasteiger partial charge in [-0.1, -0.05) is 40.9 Å². The quantitative estimate of drug-likeness (QED) is 0.257. The summed E-state index contributed by atoms with van der Waals surface area (Å²) in [7, 11) is 0. The Kier molecular flexibility index (Phi) is 8.75. The number of anilines is 2. The molecule has 1 heterocycles. The number of nitrogens with one attached hydrogen (secondary N) is 2. The van der Waals surface area contributed by atoms with Gasteiger partial charge < -0.3 is 14.8 Å². The van der Waals surface area contributed by atoms with E-state index in [4.69, 9.17) is 44.3 Å². The van der Waals surface area contributed by atoms with Crippen molar-refractivity contribution in [3.63, 3.8) is 0 Å². The van der Waals surface area contributed by atoms with Gasteiger partial charge in [-0.05, 0) is 73.2 Å². The number of benzene rings is 3. The molecule has 0 aliphatic carbocycles. The first-order valence-electron chi connectivity index (χ1n) is 11.5. The van der Waals surface area contributed by atoms with E-state index in [9.17, 15) is 19.2 Å². The van der Waals surface area contributed by atoms with Gasteiger partial charge in [-0.3, -0.25) is 19.7 Å². The minimum absolute atomic E-state index is 0.135. The lowest BCUT2D eigenvalue weighted by molar-refractivity contribution is -0.122. The van der Waals surface area contributed by atoms with Crippen LogP contribution in [0.3, 0.4) is 0 Å². The summed E-state index contributed by atoms with van der Waals surface area (Å²) >= 11 is 17.8. The van der Waals surface area contributed by atoms with Crippen LogP contribution in [0.4, 0.5) is 16.2 Å². The van der Waals surface area contributed by atoms with Crippen LogP contribution in [-0.4, -0.2) is 37.0 Å². The van der Waals surface area contributed by atoms with E-state index in [1.165, 1.54) is 24.3 Å². The predicted molar refractivity (Wildman–Crippen MR) is 149 cm³/mol. The summed E-state index contributed by atoms with van der Waals surface area (Å²) in [6.07, 6.45) is 1.31. The normalized spacial score (nSPS) is 14.3. The number of carbonyl (C=O) groups is 4. The van der Waals surface area contributed by atoms with E-state index in [1.807, 2.05) is 0 Å². The van der Waals surface area contributed by atoms with Crippen molar-refractivity contribution in [3.05, 3.63) is 86.9 Å². The molecule has 200 valence electrons. The van der Waals surface area contributed by atoms with Crippen LogP contribution < -0.4 is 25.0 Å². The van der Waals surface area contributed by atoms with Crippen LogP contribution in [-0.2, 0) is 14.4 Å². The second-order valence-electron chi connectivity index (χ2n) is 8.04. The molecule has 1 aliphatic rings. The molecular formula is C27H20Cl3N3O6. The Bertz CT molecular complexity index is 1490.